The molecule has 0 radical (unpaired) electrons. The number of amides is 3. The zero-order chi connectivity index (χ0) is 29.2. The van der Waals surface area contributed by atoms with Crippen LogP contribution in [0.4, 0.5) is 10.5 Å². The lowest BCUT2D eigenvalue weighted by Crippen LogP contribution is -2.40. The summed E-state index contributed by atoms with van der Waals surface area (Å²) in [7, 11) is 1.60. The Morgan fingerprint density at radius 3 is 2.46 bits per heavy atom. The standard InChI is InChI=1S/C33H41N3O5/c1-33(2,16-5-4-9-31(38)36-17-19-41-20-18-36)26-10-15-29(30(37)22-26)25-8-6-7-24(21-25)23-34-32(39)35-27-11-13-28(40-3)14-12-27/h6-8,10-15,21-22,37H,4-5,9,16-20,23H2,1-3H3,(H2,34,35,39). The van der Waals surface area contributed by atoms with E-state index in [1.165, 1.54) is 0 Å². The van der Waals surface area contributed by atoms with Gasteiger partial charge in [0.2, 0.25) is 5.91 Å². The Labute approximate surface area is 242 Å². The number of morpholine rings is 1. The SMILES string of the molecule is COc1ccc(NC(=O)NCc2cccc(-c3ccc(C(C)(C)CCCCC(=O)N4CCOCC4)cc3O)c2)cc1. The van der Waals surface area contributed by atoms with Gasteiger partial charge in [-0.2, -0.15) is 0 Å². The molecule has 0 unspecified atom stereocenters. The van der Waals surface area contributed by atoms with Crippen molar-refractivity contribution in [3.05, 3.63) is 77.9 Å². The number of ether oxygens (including phenoxy) is 2. The van der Waals surface area contributed by atoms with Gasteiger partial charge in [-0.1, -0.05) is 50.6 Å². The minimum atomic E-state index is -0.305. The molecule has 0 aliphatic carbocycles. The molecule has 3 aromatic rings. The van der Waals surface area contributed by atoms with Crippen molar-refractivity contribution < 1.29 is 24.2 Å². The fraction of sp³-hybridized carbons (Fsp3) is 0.394. The summed E-state index contributed by atoms with van der Waals surface area (Å²) in [5.41, 5.74) is 4.13. The molecule has 1 saturated heterocycles. The Balaban J connectivity index is 1.30. The fourth-order valence-electron chi connectivity index (χ4n) is 5.04. The van der Waals surface area contributed by atoms with Gasteiger partial charge in [0, 0.05) is 37.3 Å². The van der Waals surface area contributed by atoms with Crippen LogP contribution in [0.2, 0.25) is 0 Å². The van der Waals surface area contributed by atoms with Crippen molar-refractivity contribution in [1.29, 1.82) is 0 Å². The Morgan fingerprint density at radius 1 is 1.00 bits per heavy atom. The number of carbonyl (C=O) groups excluding carboxylic acids is 2. The molecular formula is C33H41N3O5. The Morgan fingerprint density at radius 2 is 1.76 bits per heavy atom. The molecule has 1 aliphatic heterocycles. The number of rotatable bonds is 11. The summed E-state index contributed by atoms with van der Waals surface area (Å²) in [6.07, 6.45) is 3.27. The van der Waals surface area contributed by atoms with E-state index in [1.807, 2.05) is 41.3 Å². The van der Waals surface area contributed by atoms with E-state index in [0.717, 1.165) is 47.3 Å². The van der Waals surface area contributed by atoms with Crippen LogP contribution in [0.25, 0.3) is 11.1 Å². The average molecular weight is 560 g/mol. The highest BCUT2D eigenvalue weighted by Gasteiger charge is 2.22. The maximum atomic E-state index is 12.4. The number of benzene rings is 3. The van der Waals surface area contributed by atoms with Crippen LogP contribution in [0.5, 0.6) is 11.5 Å². The summed E-state index contributed by atoms with van der Waals surface area (Å²) in [6, 6.07) is 20.5. The second-order valence-electron chi connectivity index (χ2n) is 11.1. The van der Waals surface area contributed by atoms with Gasteiger partial charge >= 0.3 is 6.03 Å². The molecule has 0 bridgehead atoms. The fourth-order valence-corrected chi connectivity index (χ4v) is 5.04. The minimum absolute atomic E-state index is 0.138. The van der Waals surface area contributed by atoms with Crippen molar-refractivity contribution in [2.75, 3.05) is 38.7 Å². The van der Waals surface area contributed by atoms with Crippen LogP contribution in [0.15, 0.2) is 66.7 Å². The van der Waals surface area contributed by atoms with E-state index in [4.69, 9.17) is 9.47 Å². The predicted molar refractivity (Wildman–Crippen MR) is 161 cm³/mol. The van der Waals surface area contributed by atoms with Crippen LogP contribution in [0, 0.1) is 0 Å². The number of carbonyl (C=O) groups is 2. The number of phenols is 1. The van der Waals surface area contributed by atoms with Gasteiger partial charge in [-0.15, -0.1) is 0 Å². The lowest BCUT2D eigenvalue weighted by atomic mass is 9.79. The number of unbranched alkanes of at least 4 members (excludes halogenated alkanes) is 1. The van der Waals surface area contributed by atoms with Crippen molar-refractivity contribution in [2.45, 2.75) is 51.5 Å². The molecule has 0 spiro atoms. The maximum Gasteiger partial charge on any atom is 0.319 e. The highest BCUT2D eigenvalue weighted by atomic mass is 16.5. The van der Waals surface area contributed by atoms with Gasteiger partial charge in [0.05, 0.1) is 20.3 Å². The molecular weight excluding hydrogens is 518 g/mol. The smallest absolute Gasteiger partial charge is 0.319 e. The molecule has 0 saturated carbocycles. The number of phenolic OH excluding ortho intramolecular Hbond substituents is 1. The van der Waals surface area contributed by atoms with E-state index in [0.29, 0.717) is 45.0 Å². The van der Waals surface area contributed by atoms with E-state index >= 15 is 0 Å². The number of nitrogens with one attached hydrogen (secondary N) is 2. The Bertz CT molecular complexity index is 1320. The minimum Gasteiger partial charge on any atom is -0.507 e. The van der Waals surface area contributed by atoms with Crippen molar-refractivity contribution in [1.82, 2.24) is 10.2 Å². The van der Waals surface area contributed by atoms with E-state index in [9.17, 15) is 14.7 Å². The lowest BCUT2D eigenvalue weighted by molar-refractivity contribution is -0.135. The summed E-state index contributed by atoms with van der Waals surface area (Å²) in [4.78, 5) is 26.7. The van der Waals surface area contributed by atoms with E-state index < -0.39 is 0 Å². The molecule has 0 atom stereocenters. The number of hydrogen-bond acceptors (Lipinski definition) is 5. The van der Waals surface area contributed by atoms with Crippen molar-refractivity contribution >= 4 is 17.6 Å². The lowest BCUT2D eigenvalue weighted by Gasteiger charge is -2.28. The van der Waals surface area contributed by atoms with Crippen molar-refractivity contribution in [3.8, 4) is 22.6 Å². The van der Waals surface area contributed by atoms with E-state index in [2.05, 4.69) is 30.5 Å². The molecule has 0 aromatic heterocycles. The summed E-state index contributed by atoms with van der Waals surface area (Å²) in [6.45, 7) is 7.33. The molecule has 1 heterocycles. The third-order valence-corrected chi connectivity index (χ3v) is 7.62. The number of hydrogen-bond donors (Lipinski definition) is 3. The van der Waals surface area contributed by atoms with Crippen LogP contribution in [0.1, 0.15) is 50.7 Å². The molecule has 3 aromatic carbocycles. The number of methoxy groups -OCH3 is 1. The number of aromatic hydroxyl groups is 1. The quantitative estimate of drug-likeness (QED) is 0.247. The van der Waals surface area contributed by atoms with Gasteiger partial charge < -0.3 is 30.1 Å². The highest BCUT2D eigenvalue weighted by Crippen LogP contribution is 2.36. The molecule has 1 fully saturated rings. The maximum absolute atomic E-state index is 12.4. The van der Waals surface area contributed by atoms with Gasteiger partial charge in [0.15, 0.2) is 0 Å². The van der Waals surface area contributed by atoms with Gasteiger partial charge in [0.25, 0.3) is 0 Å². The predicted octanol–water partition coefficient (Wildman–Crippen LogP) is 6.09. The average Bonchev–Trinajstić information content (AvgIpc) is 2.99. The summed E-state index contributed by atoms with van der Waals surface area (Å²) < 4.78 is 10.5. The third kappa shape index (κ3) is 8.47. The van der Waals surface area contributed by atoms with Gasteiger partial charge in [-0.3, -0.25) is 4.79 Å². The zero-order valence-corrected chi connectivity index (χ0v) is 24.2. The normalized spacial score (nSPS) is 13.5. The van der Waals surface area contributed by atoms with E-state index in [1.54, 1.807) is 31.4 Å². The third-order valence-electron chi connectivity index (χ3n) is 7.62. The molecule has 41 heavy (non-hydrogen) atoms. The molecule has 8 nitrogen and oxygen atoms in total. The molecule has 1 aliphatic rings. The number of nitrogens with zero attached hydrogens (tertiary/aromatic N) is 1. The first-order valence-electron chi connectivity index (χ1n) is 14.2. The highest BCUT2D eigenvalue weighted by molar-refractivity contribution is 5.89. The second kappa shape index (κ2) is 14.0. The van der Waals surface area contributed by atoms with Crippen molar-refractivity contribution in [3.63, 3.8) is 0 Å². The summed E-state index contributed by atoms with van der Waals surface area (Å²) in [5, 5.41) is 16.6. The zero-order valence-electron chi connectivity index (χ0n) is 24.2. The first kappa shape index (κ1) is 29.9. The van der Waals surface area contributed by atoms with Gasteiger partial charge in [-0.25, -0.2) is 4.79 Å². The Kier molecular flexibility index (Phi) is 10.2. The second-order valence-corrected chi connectivity index (χ2v) is 11.1. The van der Waals surface area contributed by atoms with Crippen LogP contribution in [0.3, 0.4) is 0 Å². The number of anilines is 1. The first-order valence-corrected chi connectivity index (χ1v) is 14.2. The largest absolute Gasteiger partial charge is 0.507 e. The Hall–Kier alpha value is -4.04. The molecule has 3 N–H and O–H groups in total. The van der Waals surface area contributed by atoms with Gasteiger partial charge in [-0.05, 0) is 71.3 Å². The molecule has 8 heteroatoms. The van der Waals surface area contributed by atoms with Crippen LogP contribution >= 0.6 is 0 Å². The van der Waals surface area contributed by atoms with Crippen LogP contribution in [-0.2, 0) is 21.5 Å². The van der Waals surface area contributed by atoms with E-state index in [-0.39, 0.29) is 23.1 Å². The summed E-state index contributed by atoms with van der Waals surface area (Å²) >= 11 is 0. The topological polar surface area (TPSA) is 100 Å². The monoisotopic (exact) mass is 559 g/mol. The van der Waals surface area contributed by atoms with Crippen LogP contribution in [-0.4, -0.2) is 55.4 Å². The number of urea groups is 1. The first-order chi connectivity index (χ1) is 19.7. The van der Waals surface area contributed by atoms with Crippen LogP contribution < -0.4 is 15.4 Å². The molecule has 218 valence electrons. The molecule has 4 rings (SSSR count). The van der Waals surface area contributed by atoms with Gasteiger partial charge in [0.1, 0.15) is 11.5 Å². The summed E-state index contributed by atoms with van der Waals surface area (Å²) in [5.74, 6) is 1.16. The molecule has 3 amide bonds. The van der Waals surface area contributed by atoms with Crippen molar-refractivity contribution in [2.24, 2.45) is 0 Å².